The second-order valence-electron chi connectivity index (χ2n) is 6.65. The summed E-state index contributed by atoms with van der Waals surface area (Å²) in [5.74, 6) is -0.454. The summed E-state index contributed by atoms with van der Waals surface area (Å²) < 4.78 is 4.82. The van der Waals surface area contributed by atoms with Gasteiger partial charge in [0.25, 0.3) is 0 Å². The van der Waals surface area contributed by atoms with Gasteiger partial charge in [-0.3, -0.25) is 9.59 Å². The van der Waals surface area contributed by atoms with Gasteiger partial charge < -0.3 is 14.5 Å². The number of hydrogen-bond donors (Lipinski definition) is 0. The molecule has 1 aromatic rings. The number of ether oxygens (including phenoxy) is 1. The third-order valence-electron chi connectivity index (χ3n) is 5.01. The molecule has 0 atom stereocenters. The van der Waals surface area contributed by atoms with E-state index in [2.05, 4.69) is 23.6 Å². The van der Waals surface area contributed by atoms with Crippen molar-refractivity contribution in [1.82, 2.24) is 4.90 Å². The number of allylic oxidation sites excluding steroid dienone is 1. The van der Waals surface area contributed by atoms with Crippen molar-refractivity contribution in [2.75, 3.05) is 38.2 Å². The number of hydrogen-bond acceptors (Lipinski definition) is 4. The highest BCUT2D eigenvalue weighted by atomic mass is 16.5. The van der Waals surface area contributed by atoms with Crippen molar-refractivity contribution in [1.29, 1.82) is 0 Å². The number of methoxy groups -OCH3 is 1. The minimum atomic E-state index is -0.896. The molecule has 0 bridgehead atoms. The maximum atomic E-state index is 12.7. The fraction of sp³-hybridized carbons (Fsp3) is 0.474. The van der Waals surface area contributed by atoms with Gasteiger partial charge in [0.2, 0.25) is 5.91 Å². The Bertz CT molecular complexity index is 671. The molecule has 1 saturated heterocycles. The van der Waals surface area contributed by atoms with Crippen LogP contribution in [0.4, 0.5) is 5.69 Å². The van der Waals surface area contributed by atoms with Crippen molar-refractivity contribution in [3.63, 3.8) is 0 Å². The fourth-order valence-corrected chi connectivity index (χ4v) is 3.39. The first-order valence-electron chi connectivity index (χ1n) is 8.37. The lowest BCUT2D eigenvalue weighted by Crippen LogP contribution is -2.52. The monoisotopic (exact) mass is 328 g/mol. The lowest BCUT2D eigenvalue weighted by atomic mass is 10.0. The van der Waals surface area contributed by atoms with E-state index in [1.54, 1.807) is 0 Å². The van der Waals surface area contributed by atoms with E-state index in [-0.39, 0.29) is 11.9 Å². The van der Waals surface area contributed by atoms with Crippen molar-refractivity contribution >= 4 is 23.1 Å². The molecule has 5 nitrogen and oxygen atoms in total. The first kappa shape index (κ1) is 16.6. The van der Waals surface area contributed by atoms with Crippen LogP contribution in [0.5, 0.6) is 0 Å². The number of benzene rings is 1. The van der Waals surface area contributed by atoms with Crippen LogP contribution >= 0.6 is 0 Å². The lowest BCUT2D eigenvalue weighted by Gasteiger charge is -2.38. The summed E-state index contributed by atoms with van der Waals surface area (Å²) in [5.41, 5.74) is 2.44. The number of carbonyl (C=O) groups is 2. The van der Waals surface area contributed by atoms with Gasteiger partial charge in [-0.15, -0.1) is 0 Å². The van der Waals surface area contributed by atoms with E-state index in [0.717, 1.165) is 29.9 Å². The minimum Gasteiger partial charge on any atom is -0.468 e. The molecule has 1 saturated carbocycles. The number of anilines is 1. The summed E-state index contributed by atoms with van der Waals surface area (Å²) in [5, 5.41) is 0. The zero-order valence-corrected chi connectivity index (χ0v) is 14.4. The second kappa shape index (κ2) is 6.30. The molecule has 24 heavy (non-hydrogen) atoms. The maximum Gasteiger partial charge on any atom is 0.321 e. The van der Waals surface area contributed by atoms with Crippen molar-refractivity contribution in [2.45, 2.75) is 19.8 Å². The van der Waals surface area contributed by atoms with Crippen LogP contribution in [0.1, 0.15) is 25.3 Å². The number of nitrogens with zero attached hydrogens (tertiary/aromatic N) is 2. The molecule has 0 spiro atoms. The smallest absolute Gasteiger partial charge is 0.321 e. The van der Waals surface area contributed by atoms with Gasteiger partial charge in [0.15, 0.2) is 0 Å². The van der Waals surface area contributed by atoms with Gasteiger partial charge in [-0.1, -0.05) is 24.8 Å². The zero-order chi connectivity index (χ0) is 17.3. The first-order chi connectivity index (χ1) is 11.5. The normalized spacial score (nSPS) is 18.9. The van der Waals surface area contributed by atoms with Gasteiger partial charge in [-0.25, -0.2) is 0 Å². The highest BCUT2D eigenvalue weighted by Gasteiger charge is 2.59. The van der Waals surface area contributed by atoms with Gasteiger partial charge in [-0.05, 0) is 31.4 Å². The predicted molar refractivity (Wildman–Crippen MR) is 93.6 cm³/mol. The Morgan fingerprint density at radius 3 is 2.29 bits per heavy atom. The summed E-state index contributed by atoms with van der Waals surface area (Å²) in [7, 11) is 1.35. The molecule has 2 fully saturated rings. The average Bonchev–Trinajstić information content (AvgIpc) is 3.42. The van der Waals surface area contributed by atoms with Crippen molar-refractivity contribution in [2.24, 2.45) is 5.41 Å². The summed E-state index contributed by atoms with van der Waals surface area (Å²) in [6.45, 7) is 8.83. The van der Waals surface area contributed by atoms with E-state index in [0.29, 0.717) is 25.9 Å². The number of piperazine rings is 1. The Labute approximate surface area is 142 Å². The van der Waals surface area contributed by atoms with E-state index in [9.17, 15) is 9.59 Å². The molecule has 0 radical (unpaired) electrons. The largest absolute Gasteiger partial charge is 0.468 e. The van der Waals surface area contributed by atoms with Gasteiger partial charge in [-0.2, -0.15) is 0 Å². The second-order valence-corrected chi connectivity index (χ2v) is 6.65. The van der Waals surface area contributed by atoms with Gasteiger partial charge in [0.05, 0.1) is 7.11 Å². The van der Waals surface area contributed by atoms with Crippen LogP contribution in [-0.4, -0.2) is 50.1 Å². The summed E-state index contributed by atoms with van der Waals surface area (Å²) >= 11 is 0. The molecule has 128 valence electrons. The molecule has 3 rings (SSSR count). The van der Waals surface area contributed by atoms with Gasteiger partial charge in [0.1, 0.15) is 5.41 Å². The Morgan fingerprint density at radius 2 is 1.75 bits per heavy atom. The zero-order valence-electron chi connectivity index (χ0n) is 14.4. The van der Waals surface area contributed by atoms with Crippen molar-refractivity contribution < 1.29 is 14.3 Å². The number of amides is 1. The number of esters is 1. The van der Waals surface area contributed by atoms with E-state index < -0.39 is 5.41 Å². The van der Waals surface area contributed by atoms with Crippen molar-refractivity contribution in [3.8, 4) is 0 Å². The SMILES string of the molecule is C=C(C)c1ccccc1N1CCN(C(=O)C2(C(=O)OC)CC2)CC1. The molecule has 0 aromatic heterocycles. The van der Waals surface area contributed by atoms with E-state index in [1.165, 1.54) is 7.11 Å². The highest BCUT2D eigenvalue weighted by Crippen LogP contribution is 2.48. The van der Waals surface area contributed by atoms with Crippen LogP contribution in [-0.2, 0) is 14.3 Å². The van der Waals surface area contributed by atoms with Crippen LogP contribution in [0, 0.1) is 5.41 Å². The molecule has 0 N–H and O–H groups in total. The molecule has 0 unspecified atom stereocenters. The van der Waals surface area contributed by atoms with Crippen LogP contribution < -0.4 is 4.90 Å². The molecule has 5 heteroatoms. The quantitative estimate of drug-likeness (QED) is 0.629. The Kier molecular flexibility index (Phi) is 4.35. The Morgan fingerprint density at radius 1 is 1.12 bits per heavy atom. The molecule has 1 aromatic carbocycles. The third-order valence-corrected chi connectivity index (χ3v) is 5.01. The molecular formula is C19H24N2O3. The standard InChI is InChI=1S/C19H24N2O3/c1-14(2)15-6-4-5-7-16(15)20-10-12-21(13-11-20)17(22)19(8-9-19)18(23)24-3/h4-7H,1,8-13H2,2-3H3. The predicted octanol–water partition coefficient (Wildman–Crippen LogP) is 2.32. The summed E-state index contributed by atoms with van der Waals surface area (Å²) in [4.78, 5) is 28.7. The number of para-hydroxylation sites is 1. The third kappa shape index (κ3) is 2.79. The van der Waals surface area contributed by atoms with E-state index >= 15 is 0 Å². The molecule has 2 aliphatic rings. The minimum absolute atomic E-state index is 0.0674. The fourth-order valence-electron chi connectivity index (χ4n) is 3.39. The highest BCUT2D eigenvalue weighted by molar-refractivity contribution is 6.05. The molecule has 1 amide bonds. The molecular weight excluding hydrogens is 304 g/mol. The number of rotatable bonds is 4. The maximum absolute atomic E-state index is 12.7. The average molecular weight is 328 g/mol. The van der Waals surface area contributed by atoms with E-state index in [4.69, 9.17) is 4.74 Å². The summed E-state index contributed by atoms with van der Waals surface area (Å²) in [6.07, 6.45) is 1.22. The van der Waals surface area contributed by atoms with Gasteiger partial charge >= 0.3 is 5.97 Å². The molecule has 1 heterocycles. The van der Waals surface area contributed by atoms with Crippen LogP contribution in [0.25, 0.3) is 5.57 Å². The topological polar surface area (TPSA) is 49.9 Å². The number of carbonyl (C=O) groups excluding carboxylic acids is 2. The lowest BCUT2D eigenvalue weighted by molar-refractivity contribution is -0.156. The first-order valence-corrected chi connectivity index (χ1v) is 8.37. The van der Waals surface area contributed by atoms with Crippen LogP contribution in [0.2, 0.25) is 0 Å². The van der Waals surface area contributed by atoms with Crippen LogP contribution in [0.3, 0.4) is 0 Å². The van der Waals surface area contributed by atoms with Gasteiger partial charge in [0, 0.05) is 37.4 Å². The Balaban J connectivity index is 1.68. The van der Waals surface area contributed by atoms with E-state index in [1.807, 2.05) is 24.0 Å². The Hall–Kier alpha value is -2.30. The summed E-state index contributed by atoms with van der Waals surface area (Å²) in [6, 6.07) is 8.21. The molecule has 1 aliphatic carbocycles. The van der Waals surface area contributed by atoms with Crippen molar-refractivity contribution in [3.05, 3.63) is 36.4 Å². The molecule has 1 aliphatic heterocycles. The van der Waals surface area contributed by atoms with Crippen LogP contribution in [0.15, 0.2) is 30.8 Å².